The predicted molar refractivity (Wildman–Crippen MR) is 160 cm³/mol. The van der Waals surface area contributed by atoms with Crippen molar-refractivity contribution in [2.24, 2.45) is 0 Å². The fourth-order valence-electron chi connectivity index (χ4n) is 4.14. The average molecular weight is 673 g/mol. The lowest BCUT2D eigenvalue weighted by Gasteiger charge is -2.49. The second kappa shape index (κ2) is 14.0. The summed E-state index contributed by atoms with van der Waals surface area (Å²) in [5.74, 6) is -2.96. The molecule has 2 aliphatic heterocycles. The Morgan fingerprint density at radius 1 is 1.14 bits per heavy atom. The summed E-state index contributed by atoms with van der Waals surface area (Å²) in [5, 5.41) is 24.1. The number of carboxylic acid groups (broad SMARTS) is 2. The van der Waals surface area contributed by atoms with E-state index in [0.717, 1.165) is 4.90 Å². The van der Waals surface area contributed by atoms with Gasteiger partial charge in [-0.25, -0.2) is 4.79 Å². The molecule has 16 heteroatoms. The minimum atomic E-state index is -1.22. The van der Waals surface area contributed by atoms with Crippen molar-refractivity contribution < 1.29 is 38.8 Å². The van der Waals surface area contributed by atoms with E-state index in [4.69, 9.17) is 28.3 Å². The lowest BCUT2D eigenvalue weighted by Crippen LogP contribution is -2.70. The molecule has 0 spiro atoms. The van der Waals surface area contributed by atoms with E-state index in [1.807, 2.05) is 0 Å². The van der Waals surface area contributed by atoms with Crippen LogP contribution in [-0.4, -0.2) is 80.0 Å². The molecule has 1 saturated heterocycles. The topological polar surface area (TPSA) is 157 Å². The number of carbonyl (C=O) groups excluding carboxylic acids is 3. The molecule has 3 amide bonds. The molecule has 0 bridgehead atoms. The number of hydrogen-bond donors (Lipinski definition) is 4. The van der Waals surface area contributed by atoms with Crippen molar-refractivity contribution in [2.45, 2.75) is 34.2 Å². The van der Waals surface area contributed by atoms with Crippen LogP contribution in [0.3, 0.4) is 0 Å². The van der Waals surface area contributed by atoms with Gasteiger partial charge in [-0.05, 0) is 23.8 Å². The van der Waals surface area contributed by atoms with Crippen molar-refractivity contribution >= 4 is 88.1 Å². The number of aliphatic carboxylic acids is 2. The highest BCUT2D eigenvalue weighted by atomic mass is 35.5. The van der Waals surface area contributed by atoms with Gasteiger partial charge in [-0.3, -0.25) is 24.1 Å². The number of carboxylic acids is 2. The van der Waals surface area contributed by atoms with Gasteiger partial charge in [-0.15, -0.1) is 35.3 Å². The Kier molecular flexibility index (Phi) is 10.7. The maximum atomic E-state index is 13.0. The molecule has 42 heavy (non-hydrogen) atoms. The Bertz CT molecular complexity index is 1460. The third kappa shape index (κ3) is 7.53. The molecule has 11 nitrogen and oxygen atoms in total. The van der Waals surface area contributed by atoms with Crippen LogP contribution in [0.1, 0.15) is 13.0 Å². The van der Waals surface area contributed by atoms with Gasteiger partial charge >= 0.3 is 11.9 Å². The number of fused-ring (bicyclic) bond motifs is 1. The highest BCUT2D eigenvalue weighted by molar-refractivity contribution is 8.01. The lowest BCUT2D eigenvalue weighted by atomic mass is 10.0. The number of pyridine rings is 1. The minimum absolute atomic E-state index is 0.00755. The summed E-state index contributed by atoms with van der Waals surface area (Å²) in [5.41, 5.74) is 0.507. The molecule has 1 fully saturated rings. The molecular formula is C26H25Cl2N4O7S3+. The number of hydrogen-bond acceptors (Lipinski definition) is 8. The van der Waals surface area contributed by atoms with Gasteiger partial charge in [-0.1, -0.05) is 23.2 Å². The number of nitrogens with one attached hydrogen (secondary N) is 2. The number of aromatic nitrogens is 1. The van der Waals surface area contributed by atoms with Gasteiger partial charge in [0.1, 0.15) is 23.7 Å². The highest BCUT2D eigenvalue weighted by Gasteiger charge is 2.54. The maximum absolute atomic E-state index is 13.0. The molecule has 0 saturated carbocycles. The number of carbonyl (C=O) groups is 5. The van der Waals surface area contributed by atoms with Crippen LogP contribution in [0, 0.1) is 0 Å². The standard InChI is InChI=1S/C26H24Cl2N4O7S3/c1-13(23(36)29-9-20(34)35)31-6-4-16(5-7-31)40-10-14-11-42-25-21(24(37)32(25)22(14)26(38)39)30-19(33)12-41-18-8-15(27)2-3-17(18)28/h2-8,13,21,25H,9-12H2,1H3,(H3-,29,30,33,34,35,36,38,39)/p+1/t13?,21-,25-/m1/s1. The molecule has 4 rings (SSSR count). The van der Waals surface area contributed by atoms with Gasteiger partial charge in [0.15, 0.2) is 12.4 Å². The Morgan fingerprint density at radius 3 is 2.52 bits per heavy atom. The van der Waals surface area contributed by atoms with E-state index in [-0.39, 0.29) is 17.4 Å². The zero-order valence-electron chi connectivity index (χ0n) is 21.9. The Labute approximate surface area is 263 Å². The molecule has 222 valence electrons. The second-order valence-corrected chi connectivity index (χ2v) is 13.1. The van der Waals surface area contributed by atoms with Crippen molar-refractivity contribution in [2.75, 3.05) is 23.8 Å². The minimum Gasteiger partial charge on any atom is -0.480 e. The van der Waals surface area contributed by atoms with Crippen LogP contribution in [0.25, 0.3) is 0 Å². The number of thioether (sulfide) groups is 3. The van der Waals surface area contributed by atoms with Gasteiger partial charge in [0.05, 0.1) is 10.8 Å². The molecule has 3 heterocycles. The molecule has 2 aromatic rings. The van der Waals surface area contributed by atoms with Crippen LogP contribution in [0.4, 0.5) is 0 Å². The van der Waals surface area contributed by atoms with E-state index in [9.17, 15) is 29.1 Å². The Hall–Kier alpha value is -2.91. The molecule has 4 N–H and O–H groups in total. The summed E-state index contributed by atoms with van der Waals surface area (Å²) in [4.78, 5) is 63.2. The number of benzene rings is 1. The fraction of sp³-hybridized carbons (Fsp3) is 0.308. The molecule has 1 aromatic carbocycles. The summed E-state index contributed by atoms with van der Waals surface area (Å²) < 4.78 is 1.62. The van der Waals surface area contributed by atoms with Gasteiger partial charge in [0.25, 0.3) is 11.8 Å². The number of amides is 3. The first-order valence-electron chi connectivity index (χ1n) is 12.4. The van der Waals surface area contributed by atoms with Crippen LogP contribution >= 0.6 is 58.5 Å². The predicted octanol–water partition coefficient (Wildman–Crippen LogP) is 2.67. The largest absolute Gasteiger partial charge is 0.480 e. The third-order valence-electron chi connectivity index (χ3n) is 6.29. The van der Waals surface area contributed by atoms with E-state index in [2.05, 4.69) is 10.6 Å². The summed E-state index contributed by atoms with van der Waals surface area (Å²) in [6, 6.07) is 6.99. The van der Waals surface area contributed by atoms with Crippen molar-refractivity contribution in [3.05, 3.63) is 64.0 Å². The number of rotatable bonds is 12. The summed E-state index contributed by atoms with van der Waals surface area (Å²) in [6.07, 6.45) is 3.35. The third-order valence-corrected chi connectivity index (χ3v) is 10.5. The van der Waals surface area contributed by atoms with Gasteiger partial charge in [0, 0.05) is 45.4 Å². The normalized spacial score (nSPS) is 18.5. The van der Waals surface area contributed by atoms with E-state index in [0.29, 0.717) is 32.0 Å². The van der Waals surface area contributed by atoms with Gasteiger partial charge in [0.2, 0.25) is 11.9 Å². The number of β-lactam (4-membered cyclic amide) rings is 1. The lowest BCUT2D eigenvalue weighted by molar-refractivity contribution is -0.706. The van der Waals surface area contributed by atoms with Gasteiger partial charge in [-0.2, -0.15) is 4.57 Å². The maximum Gasteiger partial charge on any atom is 0.352 e. The summed E-state index contributed by atoms with van der Waals surface area (Å²) in [6.45, 7) is 1.17. The zero-order chi connectivity index (χ0) is 30.6. The zero-order valence-corrected chi connectivity index (χ0v) is 25.9. The molecule has 3 atom stereocenters. The average Bonchev–Trinajstić information content (AvgIpc) is 2.97. The summed E-state index contributed by atoms with van der Waals surface area (Å²) >= 11 is 16.1. The van der Waals surface area contributed by atoms with Crippen molar-refractivity contribution in [1.29, 1.82) is 0 Å². The fourth-order valence-corrected chi connectivity index (χ4v) is 7.81. The van der Waals surface area contributed by atoms with E-state index in [1.165, 1.54) is 40.2 Å². The molecule has 1 unspecified atom stereocenters. The van der Waals surface area contributed by atoms with E-state index < -0.39 is 47.8 Å². The SMILES string of the molecule is CC(C(=O)NCC(=O)O)[n+]1ccc(SCC2=C(C(=O)O)N3C(=O)[C@@H](NC(=O)CSc4cc(Cl)ccc4Cl)[C@H]3SC2)cc1. The quantitative estimate of drug-likeness (QED) is 0.150. The molecular weight excluding hydrogens is 647 g/mol. The molecule has 2 aliphatic rings. The summed E-state index contributed by atoms with van der Waals surface area (Å²) in [7, 11) is 0. The Balaban J connectivity index is 1.34. The first-order chi connectivity index (χ1) is 20.0. The Morgan fingerprint density at radius 2 is 1.86 bits per heavy atom. The number of nitrogens with zero attached hydrogens (tertiary/aromatic N) is 2. The van der Waals surface area contributed by atoms with Crippen LogP contribution in [-0.2, 0) is 24.0 Å². The monoisotopic (exact) mass is 671 g/mol. The van der Waals surface area contributed by atoms with E-state index >= 15 is 0 Å². The molecule has 0 radical (unpaired) electrons. The van der Waals surface area contributed by atoms with Crippen molar-refractivity contribution in [3.8, 4) is 0 Å². The van der Waals surface area contributed by atoms with E-state index in [1.54, 1.807) is 54.2 Å². The highest BCUT2D eigenvalue weighted by Crippen LogP contribution is 2.41. The van der Waals surface area contributed by atoms with Crippen LogP contribution < -0.4 is 15.2 Å². The van der Waals surface area contributed by atoms with Crippen molar-refractivity contribution in [3.63, 3.8) is 0 Å². The first kappa shape index (κ1) is 32.0. The van der Waals surface area contributed by atoms with Gasteiger partial charge < -0.3 is 20.8 Å². The van der Waals surface area contributed by atoms with Crippen LogP contribution in [0.5, 0.6) is 0 Å². The second-order valence-electron chi connectivity index (χ2n) is 9.13. The van der Waals surface area contributed by atoms with Crippen molar-refractivity contribution in [1.82, 2.24) is 15.5 Å². The van der Waals surface area contributed by atoms with Crippen LogP contribution in [0.15, 0.2) is 63.8 Å². The number of halogens is 2. The molecule has 1 aromatic heterocycles. The van der Waals surface area contributed by atoms with Crippen LogP contribution in [0.2, 0.25) is 10.0 Å². The smallest absolute Gasteiger partial charge is 0.352 e. The molecule has 0 aliphatic carbocycles. The first-order valence-corrected chi connectivity index (χ1v) is 16.1.